The van der Waals surface area contributed by atoms with E-state index < -0.39 is 5.60 Å². The van der Waals surface area contributed by atoms with E-state index >= 15 is 0 Å². The molecule has 0 aromatic carbocycles. The molecule has 3 aliphatic carbocycles. The predicted molar refractivity (Wildman–Crippen MR) is 64.9 cm³/mol. The fourth-order valence-corrected chi connectivity index (χ4v) is 4.66. The van der Waals surface area contributed by atoms with Crippen LogP contribution in [0.2, 0.25) is 0 Å². The van der Waals surface area contributed by atoms with Gasteiger partial charge in [0.25, 0.3) is 0 Å². The van der Waals surface area contributed by atoms with Crippen LogP contribution in [-0.4, -0.2) is 17.3 Å². The molecule has 3 fully saturated rings. The summed E-state index contributed by atoms with van der Waals surface area (Å²) in [5.41, 5.74) is 5.62. The van der Waals surface area contributed by atoms with Crippen LogP contribution < -0.4 is 5.73 Å². The Morgan fingerprint density at radius 2 is 2.06 bits per heavy atom. The Labute approximate surface area is 98.6 Å². The highest BCUT2D eigenvalue weighted by molar-refractivity contribution is 5.10. The second kappa shape index (κ2) is 3.46. The van der Waals surface area contributed by atoms with Gasteiger partial charge in [0.05, 0.1) is 5.60 Å². The minimum atomic E-state index is -0.511. The van der Waals surface area contributed by atoms with E-state index in [0.717, 1.165) is 18.3 Å². The van der Waals surface area contributed by atoms with E-state index in [1.54, 1.807) is 0 Å². The van der Waals surface area contributed by atoms with Crippen LogP contribution in [0, 0.1) is 23.2 Å². The fourth-order valence-electron chi connectivity index (χ4n) is 4.66. The third-order valence-corrected chi connectivity index (χ3v) is 5.80. The topological polar surface area (TPSA) is 46.2 Å². The van der Waals surface area contributed by atoms with Gasteiger partial charge in [0, 0.05) is 12.0 Å². The van der Waals surface area contributed by atoms with Crippen LogP contribution in [0.15, 0.2) is 0 Å². The predicted octanol–water partition coefficient (Wildman–Crippen LogP) is 2.30. The van der Waals surface area contributed by atoms with Crippen molar-refractivity contribution < 1.29 is 5.11 Å². The van der Waals surface area contributed by atoms with Gasteiger partial charge in [-0.3, -0.25) is 0 Å². The Kier molecular flexibility index (Phi) is 2.38. The minimum Gasteiger partial charge on any atom is -0.390 e. The molecule has 0 radical (unpaired) electrons. The molecular weight excluding hydrogens is 198 g/mol. The average Bonchev–Trinajstić information content (AvgIpc) is 2.81. The molecule has 0 amide bonds. The van der Waals surface area contributed by atoms with E-state index in [1.807, 2.05) is 0 Å². The summed E-state index contributed by atoms with van der Waals surface area (Å²) in [5, 5.41) is 10.9. The quantitative estimate of drug-likeness (QED) is 0.768. The SMILES string of the molecule is CC(O)(CC1CC1)C1(CN)CC2CCC1C2. The summed E-state index contributed by atoms with van der Waals surface area (Å²) < 4.78 is 0. The summed E-state index contributed by atoms with van der Waals surface area (Å²) in [4.78, 5) is 0. The maximum Gasteiger partial charge on any atom is 0.0693 e. The third-order valence-electron chi connectivity index (χ3n) is 5.80. The number of rotatable bonds is 4. The van der Waals surface area contributed by atoms with Crippen molar-refractivity contribution in [3.63, 3.8) is 0 Å². The molecule has 0 aliphatic heterocycles. The average molecular weight is 223 g/mol. The van der Waals surface area contributed by atoms with Crippen LogP contribution in [0.5, 0.6) is 0 Å². The molecule has 3 saturated carbocycles. The molecule has 4 unspecified atom stereocenters. The molecule has 2 heteroatoms. The smallest absolute Gasteiger partial charge is 0.0693 e. The highest BCUT2D eigenvalue weighted by Crippen LogP contribution is 2.61. The van der Waals surface area contributed by atoms with Gasteiger partial charge in [-0.15, -0.1) is 0 Å². The zero-order valence-electron chi connectivity index (χ0n) is 10.4. The molecule has 3 N–H and O–H groups in total. The molecule has 3 rings (SSSR count). The maximum atomic E-state index is 10.9. The molecule has 0 saturated heterocycles. The van der Waals surface area contributed by atoms with Gasteiger partial charge in [-0.2, -0.15) is 0 Å². The van der Waals surface area contributed by atoms with Gasteiger partial charge >= 0.3 is 0 Å². The lowest BCUT2D eigenvalue weighted by atomic mass is 9.61. The van der Waals surface area contributed by atoms with Crippen molar-refractivity contribution in [1.82, 2.24) is 0 Å². The molecule has 2 nitrogen and oxygen atoms in total. The minimum absolute atomic E-state index is 0.0541. The first-order valence-corrected chi connectivity index (χ1v) is 7.00. The van der Waals surface area contributed by atoms with Crippen molar-refractivity contribution in [2.24, 2.45) is 28.9 Å². The summed E-state index contributed by atoms with van der Waals surface area (Å²) in [5.74, 6) is 2.35. The second-order valence-electron chi connectivity index (χ2n) is 6.86. The van der Waals surface area contributed by atoms with E-state index in [2.05, 4.69) is 6.92 Å². The van der Waals surface area contributed by atoms with Gasteiger partial charge in [0.1, 0.15) is 0 Å². The number of fused-ring (bicyclic) bond motifs is 2. The number of hydrogen-bond acceptors (Lipinski definition) is 2. The van der Waals surface area contributed by atoms with Crippen LogP contribution in [0.25, 0.3) is 0 Å². The molecular formula is C14H25NO. The summed E-state index contributed by atoms with van der Waals surface area (Å²) >= 11 is 0. The van der Waals surface area contributed by atoms with Gasteiger partial charge in [0.2, 0.25) is 0 Å². The molecule has 3 aliphatic rings. The van der Waals surface area contributed by atoms with Crippen LogP contribution in [-0.2, 0) is 0 Å². The van der Waals surface area contributed by atoms with Crippen LogP contribution in [0.1, 0.15) is 51.9 Å². The van der Waals surface area contributed by atoms with Gasteiger partial charge in [-0.25, -0.2) is 0 Å². The first-order valence-electron chi connectivity index (χ1n) is 7.00. The zero-order valence-corrected chi connectivity index (χ0v) is 10.4. The standard InChI is InChI=1S/C14H25NO/c1-13(16,7-10-2-3-10)14(9-15)8-11-4-5-12(14)6-11/h10-12,16H,2-9,15H2,1H3. The first-order chi connectivity index (χ1) is 7.57. The fraction of sp³-hybridized carbons (Fsp3) is 1.00. The molecule has 92 valence electrons. The van der Waals surface area contributed by atoms with Gasteiger partial charge in [-0.1, -0.05) is 19.3 Å². The molecule has 0 heterocycles. The van der Waals surface area contributed by atoms with Crippen molar-refractivity contribution >= 4 is 0 Å². The van der Waals surface area contributed by atoms with Crippen LogP contribution in [0.4, 0.5) is 0 Å². The highest BCUT2D eigenvalue weighted by atomic mass is 16.3. The van der Waals surface area contributed by atoms with Gasteiger partial charge in [-0.05, 0) is 50.4 Å². The summed E-state index contributed by atoms with van der Waals surface area (Å²) in [7, 11) is 0. The van der Waals surface area contributed by atoms with Gasteiger partial charge < -0.3 is 10.8 Å². The third kappa shape index (κ3) is 1.46. The first kappa shape index (κ1) is 11.0. The monoisotopic (exact) mass is 223 g/mol. The van der Waals surface area contributed by atoms with E-state index in [4.69, 9.17) is 5.73 Å². The van der Waals surface area contributed by atoms with Crippen molar-refractivity contribution in [2.75, 3.05) is 6.54 Å². The lowest BCUT2D eigenvalue weighted by Gasteiger charge is -2.48. The lowest BCUT2D eigenvalue weighted by Crippen LogP contribution is -2.54. The van der Waals surface area contributed by atoms with Crippen molar-refractivity contribution in [1.29, 1.82) is 0 Å². The zero-order chi connectivity index (χ0) is 11.4. The summed E-state index contributed by atoms with van der Waals surface area (Å²) in [6.07, 6.45) is 8.85. The lowest BCUT2D eigenvalue weighted by molar-refractivity contribution is -0.105. The number of aliphatic hydroxyl groups is 1. The number of nitrogens with two attached hydrogens (primary N) is 1. The highest BCUT2D eigenvalue weighted by Gasteiger charge is 2.59. The van der Waals surface area contributed by atoms with E-state index in [9.17, 15) is 5.11 Å². The Hall–Kier alpha value is -0.0800. The van der Waals surface area contributed by atoms with E-state index in [1.165, 1.54) is 38.5 Å². The van der Waals surface area contributed by atoms with Crippen molar-refractivity contribution in [2.45, 2.75) is 57.5 Å². The summed E-state index contributed by atoms with van der Waals surface area (Å²) in [6, 6.07) is 0. The Morgan fingerprint density at radius 3 is 2.50 bits per heavy atom. The largest absolute Gasteiger partial charge is 0.390 e. The second-order valence-corrected chi connectivity index (χ2v) is 6.86. The van der Waals surface area contributed by atoms with Crippen LogP contribution in [0.3, 0.4) is 0 Å². The van der Waals surface area contributed by atoms with Gasteiger partial charge in [0.15, 0.2) is 0 Å². The Morgan fingerprint density at radius 1 is 1.31 bits per heavy atom. The normalized spacial score (nSPS) is 45.9. The molecule has 0 spiro atoms. The maximum absolute atomic E-state index is 10.9. The summed E-state index contributed by atoms with van der Waals surface area (Å²) in [6.45, 7) is 2.76. The van der Waals surface area contributed by atoms with E-state index in [0.29, 0.717) is 12.5 Å². The molecule has 0 aromatic heterocycles. The molecule has 4 atom stereocenters. The molecule has 16 heavy (non-hydrogen) atoms. The van der Waals surface area contributed by atoms with Crippen LogP contribution >= 0.6 is 0 Å². The number of hydrogen-bond donors (Lipinski definition) is 2. The van der Waals surface area contributed by atoms with E-state index in [-0.39, 0.29) is 5.41 Å². The molecule has 0 aromatic rings. The van der Waals surface area contributed by atoms with Crippen molar-refractivity contribution in [3.8, 4) is 0 Å². The molecule has 2 bridgehead atoms. The Bertz CT molecular complexity index is 284. The Balaban J connectivity index is 1.83. The van der Waals surface area contributed by atoms with Crippen molar-refractivity contribution in [3.05, 3.63) is 0 Å².